The third kappa shape index (κ3) is 5.02. The first-order valence-electron chi connectivity index (χ1n) is 9.54. The summed E-state index contributed by atoms with van der Waals surface area (Å²) in [5.41, 5.74) is 1.05. The smallest absolute Gasteiger partial charge is 0.493 e. The van der Waals surface area contributed by atoms with Crippen LogP contribution in [0.15, 0.2) is 36.3 Å². The number of ether oxygens (including phenoxy) is 4. The van der Waals surface area contributed by atoms with Gasteiger partial charge in [0.15, 0.2) is 0 Å². The molecule has 6 heteroatoms. The molecule has 1 heterocycles. The summed E-state index contributed by atoms with van der Waals surface area (Å²) in [5, 5.41) is 0. The normalized spacial score (nSPS) is 24.3. The van der Waals surface area contributed by atoms with Crippen molar-refractivity contribution in [1.29, 1.82) is 0 Å². The molecular weight excluding hydrogens is 348 g/mol. The van der Waals surface area contributed by atoms with Crippen molar-refractivity contribution in [2.45, 2.75) is 58.2 Å². The first kappa shape index (κ1) is 19.3. The summed E-state index contributed by atoms with van der Waals surface area (Å²) in [7, 11) is 0. The van der Waals surface area contributed by atoms with Crippen LogP contribution in [-0.2, 0) is 19.0 Å². The van der Waals surface area contributed by atoms with Crippen LogP contribution in [0.25, 0.3) is 0 Å². The van der Waals surface area contributed by atoms with Gasteiger partial charge in [0, 0.05) is 6.42 Å². The Morgan fingerprint density at radius 2 is 2.15 bits per heavy atom. The fourth-order valence-electron chi connectivity index (χ4n) is 3.39. The third-order valence-corrected chi connectivity index (χ3v) is 4.87. The zero-order chi connectivity index (χ0) is 19.2. The largest absolute Gasteiger partial charge is 0.508 e. The Hall–Kier alpha value is -2.50. The molecule has 2 aliphatic rings. The molecule has 1 aromatic carbocycles. The van der Waals surface area contributed by atoms with Crippen LogP contribution in [0.1, 0.15) is 44.6 Å². The highest BCUT2D eigenvalue weighted by molar-refractivity contribution is 5.96. The average Bonchev–Trinajstić information content (AvgIpc) is 2.64. The number of carbonyl (C=O) groups excluding carboxylic acids is 2. The molecule has 1 saturated carbocycles. The molecule has 27 heavy (non-hydrogen) atoms. The lowest BCUT2D eigenvalue weighted by atomic mass is 9.80. The summed E-state index contributed by atoms with van der Waals surface area (Å²) < 4.78 is 21.9. The van der Waals surface area contributed by atoms with E-state index in [9.17, 15) is 9.59 Å². The highest BCUT2D eigenvalue weighted by atomic mass is 16.7. The first-order chi connectivity index (χ1) is 13.1. The molecule has 6 nitrogen and oxygen atoms in total. The second-order valence-corrected chi connectivity index (χ2v) is 7.05. The SMILES string of the molecule is CCCCOC(=O)OC1CCC2C(=O)C(Oc3cccc(C)c3)=COC2C1. The number of ketones is 1. The minimum Gasteiger partial charge on any atom is -0.493 e. The lowest BCUT2D eigenvalue weighted by Gasteiger charge is -2.36. The molecule has 1 fully saturated rings. The maximum absolute atomic E-state index is 12.7. The van der Waals surface area contributed by atoms with Crippen molar-refractivity contribution < 1.29 is 28.5 Å². The van der Waals surface area contributed by atoms with Crippen LogP contribution < -0.4 is 4.74 Å². The number of carbonyl (C=O) groups is 2. The Labute approximate surface area is 159 Å². The number of unbranched alkanes of at least 4 members (excludes halogenated alkanes) is 1. The predicted octanol–water partition coefficient (Wildman–Crippen LogP) is 4.31. The van der Waals surface area contributed by atoms with E-state index in [4.69, 9.17) is 18.9 Å². The molecule has 3 rings (SSSR count). The predicted molar refractivity (Wildman–Crippen MR) is 98.2 cm³/mol. The molecule has 1 aliphatic carbocycles. The summed E-state index contributed by atoms with van der Waals surface area (Å²) >= 11 is 0. The highest BCUT2D eigenvalue weighted by Crippen LogP contribution is 2.35. The Balaban J connectivity index is 1.55. The highest BCUT2D eigenvalue weighted by Gasteiger charge is 2.42. The van der Waals surface area contributed by atoms with Gasteiger partial charge in [-0.2, -0.15) is 0 Å². The first-order valence-corrected chi connectivity index (χ1v) is 9.54. The van der Waals surface area contributed by atoms with Crippen molar-refractivity contribution >= 4 is 11.9 Å². The zero-order valence-electron chi connectivity index (χ0n) is 15.8. The van der Waals surface area contributed by atoms with E-state index < -0.39 is 6.16 Å². The number of rotatable bonds is 6. The topological polar surface area (TPSA) is 71.1 Å². The van der Waals surface area contributed by atoms with E-state index >= 15 is 0 Å². The molecule has 0 N–H and O–H groups in total. The third-order valence-electron chi connectivity index (χ3n) is 4.87. The molecular formula is C21H26O6. The number of hydrogen-bond acceptors (Lipinski definition) is 6. The van der Waals surface area contributed by atoms with Crippen LogP contribution >= 0.6 is 0 Å². The molecule has 0 bridgehead atoms. The molecule has 0 radical (unpaired) electrons. The van der Waals surface area contributed by atoms with Crippen LogP contribution in [0.5, 0.6) is 5.75 Å². The standard InChI is InChI=1S/C21H26O6/c1-3-4-10-24-21(23)27-16-8-9-17-18(12-16)25-13-19(20(17)22)26-15-7-5-6-14(2)11-15/h5-7,11,13,16-18H,3-4,8-10,12H2,1-2H3. The molecule has 1 aliphatic heterocycles. The Bertz CT molecular complexity index is 710. The van der Waals surface area contributed by atoms with Gasteiger partial charge in [-0.05, 0) is 43.9 Å². The van der Waals surface area contributed by atoms with Crippen LogP contribution in [0.4, 0.5) is 4.79 Å². The second-order valence-electron chi connectivity index (χ2n) is 7.05. The molecule has 3 atom stereocenters. The van der Waals surface area contributed by atoms with Crippen LogP contribution in [0.2, 0.25) is 0 Å². The zero-order valence-corrected chi connectivity index (χ0v) is 15.8. The van der Waals surface area contributed by atoms with Crippen molar-refractivity contribution in [1.82, 2.24) is 0 Å². The fourth-order valence-corrected chi connectivity index (χ4v) is 3.39. The monoisotopic (exact) mass is 374 g/mol. The Morgan fingerprint density at radius 1 is 1.30 bits per heavy atom. The van der Waals surface area contributed by atoms with E-state index in [-0.39, 0.29) is 29.7 Å². The molecule has 0 amide bonds. The maximum Gasteiger partial charge on any atom is 0.508 e. The molecule has 0 aromatic heterocycles. The van der Waals surface area contributed by atoms with E-state index in [2.05, 4.69) is 0 Å². The summed E-state index contributed by atoms with van der Waals surface area (Å²) in [6.45, 7) is 4.36. The van der Waals surface area contributed by atoms with Crippen LogP contribution in [-0.4, -0.2) is 30.8 Å². The Kier molecular flexibility index (Phi) is 6.37. The van der Waals surface area contributed by atoms with E-state index in [1.165, 1.54) is 6.26 Å². The van der Waals surface area contributed by atoms with Crippen LogP contribution in [0, 0.1) is 12.8 Å². The lowest BCUT2D eigenvalue weighted by Crippen LogP contribution is -2.43. The molecule has 146 valence electrons. The summed E-state index contributed by atoms with van der Waals surface area (Å²) in [4.78, 5) is 24.5. The van der Waals surface area contributed by atoms with Gasteiger partial charge in [0.25, 0.3) is 0 Å². The van der Waals surface area contributed by atoms with Gasteiger partial charge in [-0.1, -0.05) is 25.5 Å². The Morgan fingerprint density at radius 3 is 2.93 bits per heavy atom. The quantitative estimate of drug-likeness (QED) is 0.546. The van der Waals surface area contributed by atoms with E-state index in [0.29, 0.717) is 31.6 Å². The van der Waals surface area contributed by atoms with Crippen molar-refractivity contribution in [2.24, 2.45) is 5.92 Å². The summed E-state index contributed by atoms with van der Waals surface area (Å²) in [6.07, 6.45) is 3.59. The number of allylic oxidation sites excluding steroid dienone is 1. The number of fused-ring (bicyclic) bond motifs is 1. The van der Waals surface area contributed by atoms with Crippen molar-refractivity contribution in [3.63, 3.8) is 0 Å². The van der Waals surface area contributed by atoms with Crippen molar-refractivity contribution in [2.75, 3.05) is 6.61 Å². The summed E-state index contributed by atoms with van der Waals surface area (Å²) in [5.74, 6) is 0.506. The van der Waals surface area contributed by atoms with Gasteiger partial charge in [-0.25, -0.2) is 4.79 Å². The van der Waals surface area contributed by atoms with Gasteiger partial charge >= 0.3 is 6.16 Å². The second kappa shape index (κ2) is 8.93. The van der Waals surface area contributed by atoms with E-state index in [0.717, 1.165) is 18.4 Å². The number of aryl methyl sites for hydroxylation is 1. The van der Waals surface area contributed by atoms with Crippen molar-refractivity contribution in [3.8, 4) is 5.75 Å². The number of hydrogen-bond donors (Lipinski definition) is 0. The average molecular weight is 374 g/mol. The van der Waals surface area contributed by atoms with E-state index in [1.807, 2.05) is 38.1 Å². The lowest BCUT2D eigenvalue weighted by molar-refractivity contribution is -0.132. The van der Waals surface area contributed by atoms with Gasteiger partial charge in [-0.15, -0.1) is 0 Å². The minimum absolute atomic E-state index is 0.0586. The molecule has 0 saturated heterocycles. The molecule has 1 aromatic rings. The number of benzene rings is 1. The van der Waals surface area contributed by atoms with Gasteiger partial charge in [0.2, 0.25) is 11.5 Å². The molecule has 3 unspecified atom stereocenters. The fraction of sp³-hybridized carbons (Fsp3) is 0.524. The van der Waals surface area contributed by atoms with E-state index in [1.54, 1.807) is 0 Å². The summed E-state index contributed by atoms with van der Waals surface area (Å²) in [6, 6.07) is 7.52. The van der Waals surface area contributed by atoms with Crippen LogP contribution in [0.3, 0.4) is 0 Å². The van der Waals surface area contributed by atoms with Gasteiger partial charge in [0.05, 0.1) is 12.5 Å². The number of Topliss-reactive ketones (excluding diaryl/α,β-unsaturated/α-hetero) is 1. The minimum atomic E-state index is -0.645. The molecule has 0 spiro atoms. The van der Waals surface area contributed by atoms with Crippen molar-refractivity contribution in [3.05, 3.63) is 41.9 Å². The van der Waals surface area contributed by atoms with Gasteiger partial charge in [-0.3, -0.25) is 4.79 Å². The van der Waals surface area contributed by atoms with Gasteiger partial charge < -0.3 is 18.9 Å². The van der Waals surface area contributed by atoms with Gasteiger partial charge in [0.1, 0.15) is 24.2 Å². The maximum atomic E-state index is 12.7.